The first-order valence-electron chi connectivity index (χ1n) is 5.31. The number of pyridine rings is 1. The van der Waals surface area contributed by atoms with Gasteiger partial charge in [-0.2, -0.15) is 4.98 Å². The van der Waals surface area contributed by atoms with E-state index in [0.29, 0.717) is 11.7 Å². The monoisotopic (exact) mass is 216 g/mol. The fraction of sp³-hybridized carbons (Fsp3) is 0.364. The van der Waals surface area contributed by atoms with Crippen molar-refractivity contribution >= 4 is 0 Å². The van der Waals surface area contributed by atoms with Gasteiger partial charge >= 0.3 is 0 Å². The average Bonchev–Trinajstić information content (AvgIpc) is 2.77. The molecule has 2 aromatic heterocycles. The Labute approximate surface area is 92.7 Å². The number of aromatic nitrogens is 3. The Morgan fingerprint density at radius 1 is 1.38 bits per heavy atom. The highest BCUT2D eigenvalue weighted by atomic mass is 16.5. The lowest BCUT2D eigenvalue weighted by atomic mass is 9.78. The van der Waals surface area contributed by atoms with E-state index in [1.807, 2.05) is 12.1 Å². The molecule has 0 unspecified atom stereocenters. The molecule has 3 rings (SSSR count). The number of hydrogen-bond acceptors (Lipinski definition) is 5. The molecule has 5 nitrogen and oxygen atoms in total. The fourth-order valence-corrected chi connectivity index (χ4v) is 1.81. The van der Waals surface area contributed by atoms with E-state index in [2.05, 4.69) is 15.1 Å². The highest BCUT2D eigenvalue weighted by molar-refractivity contribution is 5.52. The molecule has 0 aromatic carbocycles. The third-order valence-corrected chi connectivity index (χ3v) is 3.02. The molecule has 2 N–H and O–H groups in total. The molecule has 0 radical (unpaired) electrons. The molecule has 1 saturated carbocycles. The summed E-state index contributed by atoms with van der Waals surface area (Å²) in [6, 6.07) is 3.73. The Morgan fingerprint density at radius 3 is 2.88 bits per heavy atom. The van der Waals surface area contributed by atoms with Gasteiger partial charge in [0.2, 0.25) is 11.7 Å². The summed E-state index contributed by atoms with van der Waals surface area (Å²) in [5, 5.41) is 3.93. The Bertz CT molecular complexity index is 490. The lowest BCUT2D eigenvalue weighted by molar-refractivity contribution is 0.181. The van der Waals surface area contributed by atoms with E-state index in [9.17, 15) is 0 Å². The van der Waals surface area contributed by atoms with Crippen LogP contribution in [0, 0.1) is 0 Å². The van der Waals surface area contributed by atoms with Crippen LogP contribution in [0.2, 0.25) is 0 Å². The zero-order valence-corrected chi connectivity index (χ0v) is 8.76. The van der Waals surface area contributed by atoms with E-state index in [-0.39, 0.29) is 0 Å². The molecule has 0 bridgehead atoms. The second-order valence-electron chi connectivity index (χ2n) is 4.17. The molecule has 0 spiro atoms. The molecule has 2 aromatic rings. The predicted molar refractivity (Wildman–Crippen MR) is 57.2 cm³/mol. The molecule has 0 saturated heterocycles. The Hall–Kier alpha value is -1.75. The molecule has 0 aliphatic heterocycles. The second kappa shape index (κ2) is 3.38. The first kappa shape index (κ1) is 9.47. The normalized spacial score (nSPS) is 18.1. The van der Waals surface area contributed by atoms with Crippen molar-refractivity contribution in [1.29, 1.82) is 0 Å². The third-order valence-electron chi connectivity index (χ3n) is 3.02. The predicted octanol–water partition coefficient (Wildman–Crippen LogP) is 1.47. The quantitative estimate of drug-likeness (QED) is 0.822. The maximum atomic E-state index is 6.10. The van der Waals surface area contributed by atoms with Crippen molar-refractivity contribution in [2.45, 2.75) is 24.8 Å². The van der Waals surface area contributed by atoms with Gasteiger partial charge in [-0.1, -0.05) is 5.16 Å². The first-order valence-corrected chi connectivity index (χ1v) is 5.31. The van der Waals surface area contributed by atoms with Crippen LogP contribution < -0.4 is 5.73 Å². The van der Waals surface area contributed by atoms with Crippen molar-refractivity contribution in [1.82, 2.24) is 15.1 Å². The van der Waals surface area contributed by atoms with Gasteiger partial charge in [-0.3, -0.25) is 4.98 Å². The van der Waals surface area contributed by atoms with Crippen molar-refractivity contribution in [3.63, 3.8) is 0 Å². The number of hydrogen-bond donors (Lipinski definition) is 1. The first-order chi connectivity index (χ1) is 7.78. The molecular formula is C11H12N4O. The minimum Gasteiger partial charge on any atom is -0.337 e. The standard InChI is InChI=1S/C11H12N4O/c12-11(4-2-5-11)10-14-9(15-16-10)8-3-1-6-13-7-8/h1,3,6-7H,2,4-5,12H2. The summed E-state index contributed by atoms with van der Waals surface area (Å²) in [4.78, 5) is 8.35. The topological polar surface area (TPSA) is 77.8 Å². The maximum absolute atomic E-state index is 6.10. The summed E-state index contributed by atoms with van der Waals surface area (Å²) in [7, 11) is 0. The Balaban J connectivity index is 1.94. The zero-order chi connectivity index (χ0) is 11.0. The van der Waals surface area contributed by atoms with E-state index < -0.39 is 5.54 Å². The van der Waals surface area contributed by atoms with Gasteiger partial charge in [0.15, 0.2) is 0 Å². The average molecular weight is 216 g/mol. The van der Waals surface area contributed by atoms with Crippen LogP contribution in [-0.2, 0) is 5.54 Å². The Morgan fingerprint density at radius 2 is 2.25 bits per heavy atom. The Kier molecular flexibility index (Phi) is 2.00. The summed E-state index contributed by atoms with van der Waals surface area (Å²) < 4.78 is 5.21. The lowest BCUT2D eigenvalue weighted by Gasteiger charge is -2.33. The van der Waals surface area contributed by atoms with E-state index in [4.69, 9.17) is 10.3 Å². The summed E-state index contributed by atoms with van der Waals surface area (Å²) in [6.45, 7) is 0. The smallest absolute Gasteiger partial charge is 0.247 e. The van der Waals surface area contributed by atoms with Crippen molar-refractivity contribution in [3.8, 4) is 11.4 Å². The van der Waals surface area contributed by atoms with Crippen LogP contribution in [0.5, 0.6) is 0 Å². The van der Waals surface area contributed by atoms with Crippen molar-refractivity contribution < 1.29 is 4.52 Å². The van der Waals surface area contributed by atoms with E-state index in [0.717, 1.165) is 24.8 Å². The summed E-state index contributed by atoms with van der Waals surface area (Å²) in [5.41, 5.74) is 6.56. The van der Waals surface area contributed by atoms with Crippen LogP contribution in [0.4, 0.5) is 0 Å². The van der Waals surface area contributed by atoms with Crippen molar-refractivity contribution in [2.24, 2.45) is 5.73 Å². The van der Waals surface area contributed by atoms with Crippen molar-refractivity contribution in [2.75, 3.05) is 0 Å². The molecular weight excluding hydrogens is 204 g/mol. The van der Waals surface area contributed by atoms with Gasteiger partial charge in [-0.05, 0) is 31.4 Å². The van der Waals surface area contributed by atoms with Gasteiger partial charge in [0.05, 0.1) is 5.54 Å². The highest BCUT2D eigenvalue weighted by Gasteiger charge is 2.39. The molecule has 16 heavy (non-hydrogen) atoms. The molecule has 5 heteroatoms. The SMILES string of the molecule is NC1(c2nc(-c3cccnc3)no2)CCC1. The van der Waals surface area contributed by atoms with E-state index in [1.165, 1.54) is 0 Å². The summed E-state index contributed by atoms with van der Waals surface area (Å²) >= 11 is 0. The zero-order valence-electron chi connectivity index (χ0n) is 8.76. The van der Waals surface area contributed by atoms with Gasteiger partial charge < -0.3 is 10.3 Å². The van der Waals surface area contributed by atoms with Crippen LogP contribution >= 0.6 is 0 Å². The van der Waals surface area contributed by atoms with E-state index >= 15 is 0 Å². The molecule has 1 aliphatic carbocycles. The van der Waals surface area contributed by atoms with Gasteiger partial charge in [0, 0.05) is 18.0 Å². The molecule has 1 fully saturated rings. The second-order valence-corrected chi connectivity index (χ2v) is 4.17. The number of rotatable bonds is 2. The maximum Gasteiger partial charge on any atom is 0.247 e. The largest absolute Gasteiger partial charge is 0.337 e. The number of nitrogens with zero attached hydrogens (tertiary/aromatic N) is 3. The number of nitrogens with two attached hydrogens (primary N) is 1. The molecule has 0 amide bonds. The van der Waals surface area contributed by atoms with Crippen LogP contribution in [0.3, 0.4) is 0 Å². The third kappa shape index (κ3) is 1.40. The minimum atomic E-state index is -0.395. The molecule has 1 aliphatic rings. The molecule has 2 heterocycles. The van der Waals surface area contributed by atoms with Crippen LogP contribution in [-0.4, -0.2) is 15.1 Å². The minimum absolute atomic E-state index is 0.395. The van der Waals surface area contributed by atoms with Gasteiger partial charge in [-0.25, -0.2) is 0 Å². The fourth-order valence-electron chi connectivity index (χ4n) is 1.81. The molecule has 0 atom stereocenters. The van der Waals surface area contributed by atoms with E-state index in [1.54, 1.807) is 12.4 Å². The molecule has 82 valence electrons. The summed E-state index contributed by atoms with van der Waals surface area (Å²) in [5.74, 6) is 1.09. The highest BCUT2D eigenvalue weighted by Crippen LogP contribution is 2.38. The summed E-state index contributed by atoms with van der Waals surface area (Å²) in [6.07, 6.45) is 6.38. The van der Waals surface area contributed by atoms with Gasteiger partial charge in [0.25, 0.3) is 0 Å². The lowest BCUT2D eigenvalue weighted by Crippen LogP contribution is -2.43. The van der Waals surface area contributed by atoms with Gasteiger partial charge in [0.1, 0.15) is 0 Å². The van der Waals surface area contributed by atoms with Crippen LogP contribution in [0.1, 0.15) is 25.2 Å². The van der Waals surface area contributed by atoms with Gasteiger partial charge in [-0.15, -0.1) is 0 Å². The van der Waals surface area contributed by atoms with Crippen LogP contribution in [0.15, 0.2) is 29.0 Å². The van der Waals surface area contributed by atoms with Crippen LogP contribution in [0.25, 0.3) is 11.4 Å². The van der Waals surface area contributed by atoms with Crippen molar-refractivity contribution in [3.05, 3.63) is 30.4 Å².